The lowest BCUT2D eigenvalue weighted by Crippen LogP contribution is -2.06. The lowest BCUT2D eigenvalue weighted by molar-refractivity contribution is -0.136. The van der Waals surface area contributed by atoms with Gasteiger partial charge in [0.25, 0.3) is 0 Å². The molecule has 0 atom stereocenters. The molecule has 0 aliphatic carbocycles. The van der Waals surface area contributed by atoms with Gasteiger partial charge in [-0.3, -0.25) is 4.98 Å². The lowest BCUT2D eigenvalue weighted by atomic mass is 10.1. The molecule has 2 rings (SSSR count). The van der Waals surface area contributed by atoms with Crippen molar-refractivity contribution in [3.8, 4) is 5.75 Å². The molecule has 17 heavy (non-hydrogen) atoms. The number of fused-ring (bicyclic) bond motifs is 1. The highest BCUT2D eigenvalue weighted by Gasteiger charge is 2.33. The molecule has 0 amide bonds. The van der Waals surface area contributed by atoms with Gasteiger partial charge in [0.1, 0.15) is 5.75 Å². The Balaban J connectivity index is 2.70. The van der Waals surface area contributed by atoms with Crippen molar-refractivity contribution in [2.45, 2.75) is 13.1 Å². The molecular weight excluding hydrogens is 231 g/mol. The maximum absolute atomic E-state index is 12.8. The maximum Gasteiger partial charge on any atom is 0.418 e. The molecule has 0 saturated carbocycles. The van der Waals surface area contributed by atoms with Gasteiger partial charge in [0.05, 0.1) is 17.7 Å². The number of halogens is 3. The molecule has 1 aromatic carbocycles. The zero-order valence-electron chi connectivity index (χ0n) is 9.08. The highest BCUT2D eigenvalue weighted by Crippen LogP contribution is 2.36. The molecule has 0 unspecified atom stereocenters. The SMILES string of the molecule is CCOc1ccnc2c(C(F)(F)F)cccc12. The van der Waals surface area contributed by atoms with Crippen LogP contribution in [0.3, 0.4) is 0 Å². The maximum atomic E-state index is 12.8. The Labute approximate surface area is 96.0 Å². The van der Waals surface area contributed by atoms with Crippen LogP contribution in [0.2, 0.25) is 0 Å². The van der Waals surface area contributed by atoms with Crippen molar-refractivity contribution >= 4 is 10.9 Å². The van der Waals surface area contributed by atoms with Crippen LogP contribution in [0.4, 0.5) is 13.2 Å². The van der Waals surface area contributed by atoms with Crippen molar-refractivity contribution in [3.05, 3.63) is 36.0 Å². The number of alkyl halides is 3. The molecule has 90 valence electrons. The number of nitrogens with zero attached hydrogens (tertiary/aromatic N) is 1. The van der Waals surface area contributed by atoms with E-state index in [2.05, 4.69) is 4.98 Å². The third-order valence-corrected chi connectivity index (χ3v) is 2.34. The van der Waals surface area contributed by atoms with E-state index in [4.69, 9.17) is 4.74 Å². The van der Waals surface area contributed by atoms with Gasteiger partial charge in [-0.05, 0) is 25.1 Å². The number of ether oxygens (including phenoxy) is 1. The average Bonchev–Trinajstić information content (AvgIpc) is 2.28. The Kier molecular flexibility index (Phi) is 2.92. The second-order valence-electron chi connectivity index (χ2n) is 3.44. The fourth-order valence-electron chi connectivity index (χ4n) is 1.66. The standard InChI is InChI=1S/C12H10F3NO/c1-2-17-10-6-7-16-11-8(10)4-3-5-9(11)12(13,14)15/h3-7H,2H2,1H3. The second kappa shape index (κ2) is 4.24. The molecular formula is C12H10F3NO. The van der Waals surface area contributed by atoms with Crippen molar-refractivity contribution in [2.24, 2.45) is 0 Å². The molecule has 5 heteroatoms. The first kappa shape index (κ1) is 11.7. The normalized spacial score (nSPS) is 11.8. The Bertz CT molecular complexity index is 537. The van der Waals surface area contributed by atoms with E-state index in [1.807, 2.05) is 0 Å². The minimum Gasteiger partial charge on any atom is -0.493 e. The van der Waals surface area contributed by atoms with Gasteiger partial charge in [0, 0.05) is 11.6 Å². The van der Waals surface area contributed by atoms with Gasteiger partial charge in [0.15, 0.2) is 0 Å². The van der Waals surface area contributed by atoms with Gasteiger partial charge in [0.2, 0.25) is 0 Å². The summed E-state index contributed by atoms with van der Waals surface area (Å²) in [5.41, 5.74) is -0.817. The van der Waals surface area contributed by atoms with Gasteiger partial charge >= 0.3 is 6.18 Å². The Morgan fingerprint density at radius 1 is 1.24 bits per heavy atom. The number of rotatable bonds is 2. The molecule has 1 aromatic heterocycles. The smallest absolute Gasteiger partial charge is 0.418 e. The summed E-state index contributed by atoms with van der Waals surface area (Å²) in [7, 11) is 0. The molecule has 0 N–H and O–H groups in total. The Morgan fingerprint density at radius 3 is 2.65 bits per heavy atom. The predicted octanol–water partition coefficient (Wildman–Crippen LogP) is 3.65. The molecule has 0 spiro atoms. The molecule has 0 fully saturated rings. The molecule has 1 heterocycles. The van der Waals surface area contributed by atoms with E-state index in [9.17, 15) is 13.2 Å². The van der Waals surface area contributed by atoms with Crippen LogP contribution in [0, 0.1) is 0 Å². The summed E-state index contributed by atoms with van der Waals surface area (Å²) in [4.78, 5) is 3.79. The van der Waals surface area contributed by atoms with Crippen molar-refractivity contribution in [1.82, 2.24) is 4.98 Å². The van der Waals surface area contributed by atoms with Crippen LogP contribution >= 0.6 is 0 Å². The van der Waals surface area contributed by atoms with Gasteiger partial charge in [-0.2, -0.15) is 13.2 Å². The molecule has 0 saturated heterocycles. The van der Waals surface area contributed by atoms with E-state index >= 15 is 0 Å². The fourth-order valence-corrected chi connectivity index (χ4v) is 1.66. The van der Waals surface area contributed by atoms with Crippen molar-refractivity contribution < 1.29 is 17.9 Å². The van der Waals surface area contributed by atoms with Crippen LogP contribution in [-0.4, -0.2) is 11.6 Å². The third-order valence-electron chi connectivity index (χ3n) is 2.34. The molecule has 0 radical (unpaired) electrons. The monoisotopic (exact) mass is 241 g/mol. The van der Waals surface area contributed by atoms with E-state index in [1.54, 1.807) is 19.1 Å². The summed E-state index contributed by atoms with van der Waals surface area (Å²) in [6.45, 7) is 2.18. The molecule has 0 aliphatic rings. The summed E-state index contributed by atoms with van der Waals surface area (Å²) in [5, 5.41) is 0.379. The van der Waals surface area contributed by atoms with Crippen molar-refractivity contribution in [3.63, 3.8) is 0 Å². The number of para-hydroxylation sites is 1. The first-order chi connectivity index (χ1) is 8.04. The fraction of sp³-hybridized carbons (Fsp3) is 0.250. The topological polar surface area (TPSA) is 22.1 Å². The summed E-state index contributed by atoms with van der Waals surface area (Å²) < 4.78 is 43.5. The number of pyridine rings is 1. The van der Waals surface area contributed by atoms with Crippen LogP contribution in [0.15, 0.2) is 30.5 Å². The molecule has 0 bridgehead atoms. The van der Waals surface area contributed by atoms with Gasteiger partial charge in [-0.15, -0.1) is 0 Å². The van der Waals surface area contributed by atoms with Gasteiger partial charge in [-0.25, -0.2) is 0 Å². The summed E-state index contributed by atoms with van der Waals surface area (Å²) in [6.07, 6.45) is -3.08. The number of aromatic nitrogens is 1. The number of benzene rings is 1. The van der Waals surface area contributed by atoms with Crippen LogP contribution in [0.5, 0.6) is 5.75 Å². The zero-order chi connectivity index (χ0) is 12.5. The van der Waals surface area contributed by atoms with Crippen LogP contribution in [-0.2, 0) is 6.18 Å². The first-order valence-electron chi connectivity index (χ1n) is 5.11. The van der Waals surface area contributed by atoms with Crippen molar-refractivity contribution in [2.75, 3.05) is 6.61 Å². The minimum absolute atomic E-state index is 0.0778. The van der Waals surface area contributed by atoms with E-state index in [0.717, 1.165) is 6.07 Å². The van der Waals surface area contributed by atoms with Crippen LogP contribution in [0.1, 0.15) is 12.5 Å². The first-order valence-corrected chi connectivity index (χ1v) is 5.11. The van der Waals surface area contributed by atoms with Crippen molar-refractivity contribution in [1.29, 1.82) is 0 Å². The average molecular weight is 241 g/mol. The second-order valence-corrected chi connectivity index (χ2v) is 3.44. The lowest BCUT2D eigenvalue weighted by Gasteiger charge is -2.11. The quantitative estimate of drug-likeness (QED) is 0.800. The van der Waals surface area contributed by atoms with Gasteiger partial charge < -0.3 is 4.74 Å². The highest BCUT2D eigenvalue weighted by atomic mass is 19.4. The summed E-state index contributed by atoms with van der Waals surface area (Å²) in [6, 6.07) is 5.51. The highest BCUT2D eigenvalue weighted by molar-refractivity contribution is 5.87. The summed E-state index contributed by atoms with van der Waals surface area (Å²) >= 11 is 0. The minimum atomic E-state index is -4.41. The van der Waals surface area contributed by atoms with Gasteiger partial charge in [-0.1, -0.05) is 6.07 Å². The Hall–Kier alpha value is -1.78. The van der Waals surface area contributed by atoms with E-state index in [1.165, 1.54) is 12.3 Å². The molecule has 0 aliphatic heterocycles. The summed E-state index contributed by atoms with van der Waals surface area (Å²) in [5.74, 6) is 0.420. The molecule has 2 nitrogen and oxygen atoms in total. The van der Waals surface area contributed by atoms with E-state index < -0.39 is 11.7 Å². The predicted molar refractivity (Wildman–Crippen MR) is 57.9 cm³/mol. The largest absolute Gasteiger partial charge is 0.493 e. The van der Waals surface area contributed by atoms with Crippen LogP contribution < -0.4 is 4.74 Å². The zero-order valence-corrected chi connectivity index (χ0v) is 9.08. The third kappa shape index (κ3) is 2.18. The van der Waals surface area contributed by atoms with E-state index in [0.29, 0.717) is 17.7 Å². The number of hydrogen-bond acceptors (Lipinski definition) is 2. The Morgan fingerprint density at radius 2 is 2.00 bits per heavy atom. The molecule has 2 aromatic rings. The van der Waals surface area contributed by atoms with Crippen LogP contribution in [0.25, 0.3) is 10.9 Å². The van der Waals surface area contributed by atoms with E-state index in [-0.39, 0.29) is 5.52 Å². The number of hydrogen-bond donors (Lipinski definition) is 0.